The van der Waals surface area contributed by atoms with E-state index in [-0.39, 0.29) is 11.5 Å². The molecule has 1 atom stereocenters. The first-order valence-electron chi connectivity index (χ1n) is 6.90. The first-order chi connectivity index (χ1) is 9.13. The van der Waals surface area contributed by atoms with Crippen LogP contribution in [0, 0.1) is 0 Å². The summed E-state index contributed by atoms with van der Waals surface area (Å²) in [5.74, 6) is -0.896. The number of carbonyl (C=O) groups is 1. The van der Waals surface area contributed by atoms with E-state index in [4.69, 9.17) is 9.57 Å². The molecule has 2 aliphatic rings. The highest BCUT2D eigenvalue weighted by Gasteiger charge is 2.41. The summed E-state index contributed by atoms with van der Waals surface area (Å²) in [6.45, 7) is 2.06. The number of likely N-dealkylation sites (N-methyl/N-ethyl adjacent to an activating group) is 1. The molecule has 6 heteroatoms. The van der Waals surface area contributed by atoms with Crippen LogP contribution in [0.5, 0.6) is 0 Å². The molecule has 0 spiro atoms. The molecule has 1 aliphatic carbocycles. The molecule has 0 radical (unpaired) electrons. The number of aliphatic hydroxyl groups excluding tert-OH is 1. The second-order valence-corrected chi connectivity index (χ2v) is 4.98. The summed E-state index contributed by atoms with van der Waals surface area (Å²) in [6, 6.07) is 0.347. The zero-order valence-electron chi connectivity index (χ0n) is 11.5. The number of hydrogen-bond acceptors (Lipinski definition) is 6. The Balaban J connectivity index is 2.10. The van der Waals surface area contributed by atoms with Gasteiger partial charge in [-0.1, -0.05) is 19.3 Å². The van der Waals surface area contributed by atoms with Gasteiger partial charge in [0.15, 0.2) is 5.57 Å². The quantitative estimate of drug-likeness (QED) is 0.595. The molecule has 0 aromatic heterocycles. The highest BCUT2D eigenvalue weighted by Crippen LogP contribution is 2.25. The summed E-state index contributed by atoms with van der Waals surface area (Å²) in [6.07, 6.45) is 5.38. The lowest BCUT2D eigenvalue weighted by molar-refractivity contribution is -0.170. The third-order valence-corrected chi connectivity index (χ3v) is 3.59. The van der Waals surface area contributed by atoms with Gasteiger partial charge in [0.05, 0.1) is 6.61 Å². The monoisotopic (exact) mass is 270 g/mol. The molecule has 19 heavy (non-hydrogen) atoms. The molecule has 0 aromatic carbocycles. The van der Waals surface area contributed by atoms with Gasteiger partial charge in [-0.2, -0.15) is 0 Å². The van der Waals surface area contributed by atoms with Crippen LogP contribution in [0.4, 0.5) is 0 Å². The van der Waals surface area contributed by atoms with Gasteiger partial charge in [-0.05, 0) is 19.8 Å². The summed E-state index contributed by atoms with van der Waals surface area (Å²) in [4.78, 5) is 16.8. The Morgan fingerprint density at radius 1 is 1.47 bits per heavy atom. The molecule has 1 saturated heterocycles. The summed E-state index contributed by atoms with van der Waals surface area (Å²) in [7, 11) is 1.67. The van der Waals surface area contributed by atoms with Crippen LogP contribution in [0.1, 0.15) is 39.0 Å². The Labute approximate surface area is 113 Å². The molecule has 0 aromatic rings. The van der Waals surface area contributed by atoms with E-state index in [9.17, 15) is 9.90 Å². The fraction of sp³-hybridized carbons (Fsp3) is 0.769. The summed E-state index contributed by atoms with van der Waals surface area (Å²) in [5.41, 5.74) is 0.162. The normalized spacial score (nSPS) is 28.3. The maximum Gasteiger partial charge on any atom is 0.363 e. The zero-order chi connectivity index (χ0) is 13.8. The first-order valence-corrected chi connectivity index (χ1v) is 6.90. The van der Waals surface area contributed by atoms with Gasteiger partial charge >= 0.3 is 5.97 Å². The zero-order valence-corrected chi connectivity index (χ0v) is 11.5. The standard InChI is InChI=1S/C13H22N2O4/c1-3-18-12(16)10-11(15(2)19-13(10)17)14-9-7-5-4-6-8-9/h9,11,14,16H,3-8H2,1-2H3/b12-10-. The van der Waals surface area contributed by atoms with Crippen molar-refractivity contribution < 1.29 is 19.5 Å². The van der Waals surface area contributed by atoms with E-state index in [1.165, 1.54) is 24.3 Å². The van der Waals surface area contributed by atoms with Crippen LogP contribution in [0.3, 0.4) is 0 Å². The Morgan fingerprint density at radius 2 is 2.16 bits per heavy atom. The van der Waals surface area contributed by atoms with Crippen molar-refractivity contribution in [3.05, 3.63) is 11.5 Å². The molecule has 6 nitrogen and oxygen atoms in total. The van der Waals surface area contributed by atoms with Gasteiger partial charge in [0.25, 0.3) is 5.95 Å². The molecule has 108 valence electrons. The summed E-state index contributed by atoms with van der Waals surface area (Å²) in [5, 5.41) is 14.6. The van der Waals surface area contributed by atoms with Crippen LogP contribution in [-0.4, -0.2) is 42.0 Å². The molecule has 2 fully saturated rings. The number of ether oxygens (including phenoxy) is 1. The van der Waals surface area contributed by atoms with Gasteiger partial charge in [-0.3, -0.25) is 5.32 Å². The number of hydrogen-bond donors (Lipinski definition) is 2. The molecule has 1 heterocycles. The maximum absolute atomic E-state index is 11.8. The van der Waals surface area contributed by atoms with Crippen LogP contribution in [0.15, 0.2) is 11.5 Å². The third kappa shape index (κ3) is 3.19. The molecule has 2 rings (SSSR count). The predicted octanol–water partition coefficient (Wildman–Crippen LogP) is 1.44. The van der Waals surface area contributed by atoms with E-state index >= 15 is 0 Å². The molecule has 1 saturated carbocycles. The highest BCUT2D eigenvalue weighted by molar-refractivity contribution is 5.91. The SMILES string of the molecule is CCO/C(O)=C1\C(=O)ON(C)C1NC1CCCCC1. The molecule has 0 bridgehead atoms. The Morgan fingerprint density at radius 3 is 2.79 bits per heavy atom. The number of hydroxylamine groups is 2. The average molecular weight is 270 g/mol. The molecular weight excluding hydrogens is 248 g/mol. The number of aliphatic hydroxyl groups is 1. The van der Waals surface area contributed by atoms with Gasteiger partial charge in [-0.25, -0.2) is 4.79 Å². The van der Waals surface area contributed by atoms with Crippen LogP contribution >= 0.6 is 0 Å². The van der Waals surface area contributed by atoms with Gasteiger partial charge in [0, 0.05) is 13.1 Å². The van der Waals surface area contributed by atoms with E-state index in [0.29, 0.717) is 12.6 Å². The minimum atomic E-state index is -0.554. The Hall–Kier alpha value is -1.27. The van der Waals surface area contributed by atoms with E-state index in [2.05, 4.69) is 5.32 Å². The summed E-state index contributed by atoms with van der Waals surface area (Å²) >= 11 is 0. The summed E-state index contributed by atoms with van der Waals surface area (Å²) < 4.78 is 5.03. The lowest BCUT2D eigenvalue weighted by Gasteiger charge is -2.28. The van der Waals surface area contributed by atoms with Crippen molar-refractivity contribution in [1.29, 1.82) is 0 Å². The molecule has 2 N–H and O–H groups in total. The fourth-order valence-electron chi connectivity index (χ4n) is 2.63. The van der Waals surface area contributed by atoms with E-state index in [1.54, 1.807) is 14.0 Å². The second kappa shape index (κ2) is 6.25. The van der Waals surface area contributed by atoms with Gasteiger partial charge in [0.1, 0.15) is 6.17 Å². The van der Waals surface area contributed by atoms with Crippen molar-refractivity contribution in [3.8, 4) is 0 Å². The largest absolute Gasteiger partial charge is 0.481 e. The molecule has 1 unspecified atom stereocenters. The van der Waals surface area contributed by atoms with Gasteiger partial charge in [-0.15, -0.1) is 5.06 Å². The second-order valence-electron chi connectivity index (χ2n) is 4.98. The third-order valence-electron chi connectivity index (χ3n) is 3.59. The molecular formula is C13H22N2O4. The highest BCUT2D eigenvalue weighted by atomic mass is 16.7. The first kappa shape index (κ1) is 14.1. The van der Waals surface area contributed by atoms with E-state index < -0.39 is 12.1 Å². The fourth-order valence-corrected chi connectivity index (χ4v) is 2.63. The van der Waals surface area contributed by atoms with Crippen LogP contribution in [-0.2, 0) is 14.4 Å². The minimum Gasteiger partial charge on any atom is -0.481 e. The van der Waals surface area contributed by atoms with E-state index in [1.807, 2.05) is 0 Å². The van der Waals surface area contributed by atoms with Gasteiger partial charge < -0.3 is 14.7 Å². The predicted molar refractivity (Wildman–Crippen MR) is 68.9 cm³/mol. The number of nitrogens with one attached hydrogen (secondary N) is 1. The van der Waals surface area contributed by atoms with Crippen molar-refractivity contribution in [2.24, 2.45) is 0 Å². The van der Waals surface area contributed by atoms with Crippen molar-refractivity contribution in [2.45, 2.75) is 51.2 Å². The molecule has 1 aliphatic heterocycles. The smallest absolute Gasteiger partial charge is 0.363 e. The van der Waals surface area contributed by atoms with Crippen molar-refractivity contribution in [2.75, 3.05) is 13.7 Å². The van der Waals surface area contributed by atoms with Crippen molar-refractivity contribution >= 4 is 5.97 Å². The number of rotatable bonds is 4. The van der Waals surface area contributed by atoms with Crippen molar-refractivity contribution in [3.63, 3.8) is 0 Å². The van der Waals surface area contributed by atoms with Gasteiger partial charge in [0.2, 0.25) is 0 Å². The number of nitrogens with zero attached hydrogens (tertiary/aromatic N) is 1. The van der Waals surface area contributed by atoms with Crippen LogP contribution in [0.2, 0.25) is 0 Å². The number of carbonyl (C=O) groups excluding carboxylic acids is 1. The average Bonchev–Trinajstić information content (AvgIpc) is 2.66. The van der Waals surface area contributed by atoms with Crippen LogP contribution < -0.4 is 5.32 Å². The Kier molecular flexibility index (Phi) is 4.66. The lowest BCUT2D eigenvalue weighted by atomic mass is 9.95. The molecule has 0 amide bonds. The topological polar surface area (TPSA) is 71.0 Å². The minimum absolute atomic E-state index is 0.162. The lowest BCUT2D eigenvalue weighted by Crippen LogP contribution is -2.46. The Bertz CT molecular complexity index is 364. The van der Waals surface area contributed by atoms with E-state index in [0.717, 1.165) is 12.8 Å². The maximum atomic E-state index is 11.8. The van der Waals surface area contributed by atoms with Crippen LogP contribution in [0.25, 0.3) is 0 Å². The van der Waals surface area contributed by atoms with Crippen molar-refractivity contribution in [1.82, 2.24) is 10.4 Å².